The van der Waals surface area contributed by atoms with Gasteiger partial charge in [-0.25, -0.2) is 0 Å². The Bertz CT molecular complexity index is 291. The maximum absolute atomic E-state index is 6.44. The van der Waals surface area contributed by atoms with E-state index in [0.717, 1.165) is 6.42 Å². The van der Waals surface area contributed by atoms with Gasteiger partial charge in [0, 0.05) is 12.3 Å². The van der Waals surface area contributed by atoms with Gasteiger partial charge in [0.1, 0.15) is 0 Å². The highest BCUT2D eigenvalue weighted by Crippen LogP contribution is 2.52. The van der Waals surface area contributed by atoms with Gasteiger partial charge in [-0.3, -0.25) is 0 Å². The highest BCUT2D eigenvalue weighted by Gasteiger charge is 2.58. The third kappa shape index (κ3) is 3.43. The molecule has 0 bridgehead atoms. The van der Waals surface area contributed by atoms with Gasteiger partial charge in [-0.05, 0) is 25.1 Å². The first kappa shape index (κ1) is 14.9. The number of hydrogen-bond donors (Lipinski definition) is 0. The van der Waals surface area contributed by atoms with Gasteiger partial charge in [0.25, 0.3) is 0 Å². The second-order valence-corrected chi connectivity index (χ2v) is 11.4. The fourth-order valence-electron chi connectivity index (χ4n) is 1.61. The summed E-state index contributed by atoms with van der Waals surface area (Å²) >= 11 is 0. The van der Waals surface area contributed by atoms with Crippen molar-refractivity contribution in [3.05, 3.63) is 12.2 Å². The first-order valence-electron chi connectivity index (χ1n) is 6.60. The van der Waals surface area contributed by atoms with Crippen molar-refractivity contribution in [2.24, 2.45) is 5.92 Å². The monoisotopic (exact) mass is 256 g/mol. The molecular formula is C14H28O2Si. The first-order chi connectivity index (χ1) is 7.65. The van der Waals surface area contributed by atoms with E-state index in [0.29, 0.717) is 12.5 Å². The third-order valence-corrected chi connectivity index (χ3v) is 8.54. The molecular weight excluding hydrogens is 228 g/mol. The van der Waals surface area contributed by atoms with Gasteiger partial charge in [-0.2, -0.15) is 0 Å². The molecule has 0 heterocycles. The van der Waals surface area contributed by atoms with E-state index in [9.17, 15) is 0 Å². The van der Waals surface area contributed by atoms with Crippen LogP contribution < -0.4 is 0 Å². The Morgan fingerprint density at radius 3 is 2.24 bits per heavy atom. The smallest absolute Gasteiger partial charge is 0.195 e. The van der Waals surface area contributed by atoms with E-state index >= 15 is 0 Å². The molecule has 1 fully saturated rings. The molecule has 0 saturated heterocycles. The van der Waals surface area contributed by atoms with Crippen LogP contribution >= 0.6 is 0 Å². The van der Waals surface area contributed by atoms with Crippen molar-refractivity contribution in [1.82, 2.24) is 0 Å². The molecule has 0 spiro atoms. The van der Waals surface area contributed by atoms with Gasteiger partial charge in [0.15, 0.2) is 14.1 Å². The van der Waals surface area contributed by atoms with Crippen molar-refractivity contribution in [1.29, 1.82) is 0 Å². The number of allylic oxidation sites excluding steroid dienone is 1. The number of ether oxygens (including phenoxy) is 1. The molecule has 2 atom stereocenters. The minimum absolute atomic E-state index is 0.242. The van der Waals surface area contributed by atoms with Crippen LogP contribution in [-0.2, 0) is 9.16 Å². The van der Waals surface area contributed by atoms with Crippen molar-refractivity contribution in [2.75, 3.05) is 6.61 Å². The molecule has 0 N–H and O–H groups in total. The van der Waals surface area contributed by atoms with Gasteiger partial charge in [-0.1, -0.05) is 39.8 Å². The summed E-state index contributed by atoms with van der Waals surface area (Å²) in [6.07, 6.45) is 5.10. The molecule has 1 saturated carbocycles. The topological polar surface area (TPSA) is 18.5 Å². The van der Waals surface area contributed by atoms with Crippen molar-refractivity contribution >= 4 is 8.32 Å². The first-order valence-corrected chi connectivity index (χ1v) is 9.51. The number of rotatable bonds is 5. The molecule has 0 radical (unpaired) electrons. The molecule has 0 unspecified atom stereocenters. The predicted molar refractivity (Wildman–Crippen MR) is 75.6 cm³/mol. The Hall–Kier alpha value is -0.123. The lowest BCUT2D eigenvalue weighted by atomic mass is 10.2. The third-order valence-electron chi connectivity index (χ3n) is 4.08. The molecule has 1 rings (SSSR count). The molecule has 0 aromatic heterocycles. The van der Waals surface area contributed by atoms with Crippen LogP contribution in [0.5, 0.6) is 0 Å². The number of hydrogen-bond acceptors (Lipinski definition) is 2. The minimum Gasteiger partial charge on any atom is -0.390 e. The maximum atomic E-state index is 6.44. The summed E-state index contributed by atoms with van der Waals surface area (Å²) in [5.74, 6) is 0.240. The van der Waals surface area contributed by atoms with Crippen molar-refractivity contribution in [2.45, 2.75) is 65.0 Å². The standard InChI is InChI=1S/C14H28O2Si/c1-8-9-10-15-14(11-12(14)2)16-17(6,7)13(3,4)5/h8-9,12H,10-11H2,1-7H3/b9-8+/t12-,14-/m1/s1. The quantitative estimate of drug-likeness (QED) is 0.414. The highest BCUT2D eigenvalue weighted by atomic mass is 28.4. The summed E-state index contributed by atoms with van der Waals surface area (Å²) in [5.41, 5.74) is 0. The normalized spacial score (nSPS) is 29.9. The van der Waals surface area contributed by atoms with Gasteiger partial charge in [0.2, 0.25) is 0 Å². The lowest BCUT2D eigenvalue weighted by Gasteiger charge is -2.39. The molecule has 0 aliphatic heterocycles. The van der Waals surface area contributed by atoms with Crippen molar-refractivity contribution < 1.29 is 9.16 Å². The summed E-state index contributed by atoms with van der Waals surface area (Å²) in [4.78, 5) is 0. The van der Waals surface area contributed by atoms with Crippen LogP contribution in [0.15, 0.2) is 12.2 Å². The SMILES string of the molecule is C/C=C/CO[C@@]1(O[Si](C)(C)C(C)(C)C)C[C@H]1C. The lowest BCUT2D eigenvalue weighted by molar-refractivity contribution is -0.114. The van der Waals surface area contributed by atoms with E-state index in [2.05, 4.69) is 40.8 Å². The van der Waals surface area contributed by atoms with Gasteiger partial charge in [0.05, 0.1) is 6.61 Å². The van der Waals surface area contributed by atoms with E-state index in [1.807, 2.05) is 19.1 Å². The Labute approximate surface area is 108 Å². The summed E-state index contributed by atoms with van der Waals surface area (Å²) in [6, 6.07) is 0. The van der Waals surface area contributed by atoms with Gasteiger partial charge < -0.3 is 9.16 Å². The second-order valence-electron chi connectivity index (χ2n) is 6.66. The fraction of sp³-hybridized carbons (Fsp3) is 0.857. The van der Waals surface area contributed by atoms with Crippen LogP contribution in [0.4, 0.5) is 0 Å². The zero-order valence-corrected chi connectivity index (χ0v) is 13.5. The fourth-order valence-corrected chi connectivity index (χ4v) is 3.12. The molecule has 0 amide bonds. The average molecular weight is 256 g/mol. The zero-order chi connectivity index (χ0) is 13.3. The van der Waals surface area contributed by atoms with Crippen LogP contribution in [0.25, 0.3) is 0 Å². The highest BCUT2D eigenvalue weighted by molar-refractivity contribution is 6.74. The van der Waals surface area contributed by atoms with Crippen molar-refractivity contribution in [3.8, 4) is 0 Å². The Kier molecular flexibility index (Phi) is 4.27. The van der Waals surface area contributed by atoms with Crippen LogP contribution in [0.2, 0.25) is 18.1 Å². The van der Waals surface area contributed by atoms with Crippen LogP contribution in [0.3, 0.4) is 0 Å². The minimum atomic E-state index is -1.73. The van der Waals surface area contributed by atoms with Crippen molar-refractivity contribution in [3.63, 3.8) is 0 Å². The summed E-state index contributed by atoms with van der Waals surface area (Å²) in [7, 11) is -1.73. The summed E-state index contributed by atoms with van der Waals surface area (Å²) < 4.78 is 12.4. The van der Waals surface area contributed by atoms with Crippen LogP contribution in [0, 0.1) is 5.92 Å². The molecule has 3 heteroatoms. The maximum Gasteiger partial charge on any atom is 0.195 e. The molecule has 1 aliphatic carbocycles. The van der Waals surface area contributed by atoms with Gasteiger partial charge in [-0.15, -0.1) is 0 Å². The lowest BCUT2D eigenvalue weighted by Crippen LogP contribution is -2.46. The average Bonchev–Trinajstić information content (AvgIpc) is 2.74. The molecule has 2 nitrogen and oxygen atoms in total. The predicted octanol–water partition coefficient (Wildman–Crippen LogP) is 4.34. The molecule has 100 valence electrons. The van der Waals surface area contributed by atoms with E-state index in [4.69, 9.17) is 9.16 Å². The molecule has 1 aliphatic rings. The molecule has 0 aromatic rings. The summed E-state index contributed by atoms with van der Waals surface area (Å²) in [6.45, 7) is 16.3. The van der Waals surface area contributed by atoms with Crippen LogP contribution in [-0.4, -0.2) is 20.7 Å². The largest absolute Gasteiger partial charge is 0.390 e. The van der Waals surface area contributed by atoms with Gasteiger partial charge >= 0.3 is 0 Å². The van der Waals surface area contributed by atoms with Crippen LogP contribution in [0.1, 0.15) is 41.0 Å². The molecule has 0 aromatic carbocycles. The summed E-state index contributed by atoms with van der Waals surface area (Å²) in [5, 5.41) is 0.242. The van der Waals surface area contributed by atoms with E-state index in [1.54, 1.807) is 0 Å². The van der Waals surface area contributed by atoms with E-state index in [-0.39, 0.29) is 10.8 Å². The second kappa shape index (κ2) is 4.86. The Morgan fingerprint density at radius 2 is 1.88 bits per heavy atom. The van der Waals surface area contributed by atoms with E-state index in [1.165, 1.54) is 0 Å². The Balaban J connectivity index is 2.64. The Morgan fingerprint density at radius 1 is 1.35 bits per heavy atom. The molecule has 17 heavy (non-hydrogen) atoms. The van der Waals surface area contributed by atoms with E-state index < -0.39 is 8.32 Å². The zero-order valence-electron chi connectivity index (χ0n) is 12.5.